The second kappa shape index (κ2) is 6.66. The first kappa shape index (κ1) is 15.8. The maximum Gasteiger partial charge on any atom is 0.199 e. The molecule has 128 valence electrons. The van der Waals surface area contributed by atoms with E-state index >= 15 is 0 Å². The maximum atomic E-state index is 10.5. The molecule has 2 aliphatic rings. The number of nitrogens with one attached hydrogen (secondary N) is 1. The van der Waals surface area contributed by atoms with Gasteiger partial charge in [0.1, 0.15) is 0 Å². The highest BCUT2D eigenvalue weighted by atomic mass is 16.3. The summed E-state index contributed by atoms with van der Waals surface area (Å²) in [6.45, 7) is 5.18. The summed E-state index contributed by atoms with van der Waals surface area (Å²) in [6.07, 6.45) is 8.81. The molecule has 0 amide bonds. The Labute approximate surface area is 147 Å². The molecule has 4 rings (SSSR count). The van der Waals surface area contributed by atoms with Gasteiger partial charge in [0.05, 0.1) is 22.9 Å². The van der Waals surface area contributed by atoms with E-state index in [2.05, 4.69) is 33.0 Å². The van der Waals surface area contributed by atoms with Gasteiger partial charge < -0.3 is 19.9 Å². The maximum absolute atomic E-state index is 10.5. The van der Waals surface area contributed by atoms with Crippen LogP contribution < -0.4 is 0 Å². The monoisotopic (exact) mass is 334 g/mol. The number of aromatic nitrogens is 1. The molecule has 25 heavy (non-hydrogen) atoms. The van der Waals surface area contributed by atoms with Gasteiger partial charge in [-0.15, -0.1) is 0 Å². The van der Waals surface area contributed by atoms with Crippen LogP contribution in [0.5, 0.6) is 5.88 Å². The van der Waals surface area contributed by atoms with Crippen LogP contribution in [-0.4, -0.2) is 52.6 Å². The lowest BCUT2D eigenvalue weighted by atomic mass is 10.0. The minimum atomic E-state index is 0.165. The van der Waals surface area contributed by atoms with Crippen molar-refractivity contribution in [3.63, 3.8) is 0 Å². The van der Waals surface area contributed by atoms with Crippen molar-refractivity contribution in [2.45, 2.75) is 12.8 Å². The third kappa shape index (κ3) is 3.01. The van der Waals surface area contributed by atoms with Crippen molar-refractivity contribution < 1.29 is 5.11 Å². The summed E-state index contributed by atoms with van der Waals surface area (Å²) in [5.41, 5.74) is 3.25. The Kier molecular flexibility index (Phi) is 4.21. The van der Waals surface area contributed by atoms with Crippen molar-refractivity contribution in [2.24, 2.45) is 0 Å². The van der Waals surface area contributed by atoms with E-state index in [9.17, 15) is 10.4 Å². The van der Waals surface area contributed by atoms with Gasteiger partial charge in [0, 0.05) is 30.5 Å². The molecule has 1 aromatic heterocycles. The number of hydrogen-bond acceptors (Lipinski definition) is 4. The molecule has 5 nitrogen and oxygen atoms in total. The molecule has 1 fully saturated rings. The Morgan fingerprint density at radius 1 is 1.20 bits per heavy atom. The summed E-state index contributed by atoms with van der Waals surface area (Å²) in [5.74, 6) is 0.165. The van der Waals surface area contributed by atoms with Gasteiger partial charge in [0.2, 0.25) is 0 Å². The SMILES string of the molecule is N#Cc1ccc2[nH]c(O)c(C3=CC=CCN3CCN3CCCC3)c2c1. The van der Waals surface area contributed by atoms with Crippen molar-refractivity contribution in [1.29, 1.82) is 5.26 Å². The van der Waals surface area contributed by atoms with E-state index in [1.165, 1.54) is 25.9 Å². The predicted molar refractivity (Wildman–Crippen MR) is 99.0 cm³/mol. The summed E-state index contributed by atoms with van der Waals surface area (Å²) in [4.78, 5) is 7.84. The van der Waals surface area contributed by atoms with Crippen LogP contribution in [0, 0.1) is 11.3 Å². The van der Waals surface area contributed by atoms with Crippen LogP contribution in [-0.2, 0) is 0 Å². The largest absolute Gasteiger partial charge is 0.494 e. The zero-order chi connectivity index (χ0) is 17.2. The summed E-state index contributed by atoms with van der Waals surface area (Å²) in [6, 6.07) is 7.65. The van der Waals surface area contributed by atoms with Gasteiger partial charge in [-0.2, -0.15) is 5.26 Å². The van der Waals surface area contributed by atoms with Crippen molar-refractivity contribution in [1.82, 2.24) is 14.8 Å². The van der Waals surface area contributed by atoms with Gasteiger partial charge in [-0.05, 0) is 50.2 Å². The van der Waals surface area contributed by atoms with Gasteiger partial charge in [0.15, 0.2) is 5.88 Å². The molecule has 0 atom stereocenters. The van der Waals surface area contributed by atoms with Crippen LogP contribution in [0.4, 0.5) is 0 Å². The van der Waals surface area contributed by atoms with E-state index in [1.807, 2.05) is 18.2 Å². The molecule has 2 N–H and O–H groups in total. The Hall–Kier alpha value is -2.71. The van der Waals surface area contributed by atoms with E-state index in [0.717, 1.165) is 41.8 Å². The Bertz CT molecular complexity index is 881. The van der Waals surface area contributed by atoms with Crippen molar-refractivity contribution >= 4 is 16.6 Å². The third-order valence-electron chi connectivity index (χ3n) is 5.11. The summed E-state index contributed by atoms with van der Waals surface area (Å²) >= 11 is 0. The number of fused-ring (bicyclic) bond motifs is 1. The average Bonchev–Trinajstić information content (AvgIpc) is 3.26. The normalized spacial score (nSPS) is 17.9. The number of rotatable bonds is 4. The van der Waals surface area contributed by atoms with Crippen LogP contribution in [0.3, 0.4) is 0 Å². The topological polar surface area (TPSA) is 66.3 Å². The summed E-state index contributed by atoms with van der Waals surface area (Å²) < 4.78 is 0. The van der Waals surface area contributed by atoms with Gasteiger partial charge in [-0.1, -0.05) is 12.2 Å². The van der Waals surface area contributed by atoms with Crippen LogP contribution >= 0.6 is 0 Å². The van der Waals surface area contributed by atoms with Crippen molar-refractivity contribution in [2.75, 3.05) is 32.7 Å². The average molecular weight is 334 g/mol. The highest BCUT2D eigenvalue weighted by molar-refractivity contribution is 5.96. The molecule has 1 aromatic carbocycles. The lowest BCUT2D eigenvalue weighted by Crippen LogP contribution is -2.33. The third-order valence-corrected chi connectivity index (χ3v) is 5.11. The molecule has 1 saturated heterocycles. The summed E-state index contributed by atoms with van der Waals surface area (Å²) in [7, 11) is 0. The predicted octanol–water partition coefficient (Wildman–Crippen LogP) is 3.05. The molecule has 0 bridgehead atoms. The van der Waals surface area contributed by atoms with E-state index < -0.39 is 0 Å². The molecule has 0 unspecified atom stereocenters. The first-order chi connectivity index (χ1) is 12.3. The lowest BCUT2D eigenvalue weighted by Gasteiger charge is -2.30. The standard InChI is InChI=1S/C20H22N4O/c21-14-15-6-7-17-16(13-15)19(20(25)22-17)18-5-1-2-10-24(18)12-11-23-8-3-4-9-23/h1-2,5-7,13,22,25H,3-4,8-12H2. The molecule has 5 heteroatoms. The van der Waals surface area contributed by atoms with Gasteiger partial charge in [-0.25, -0.2) is 0 Å². The Morgan fingerprint density at radius 2 is 2.04 bits per heavy atom. The molecule has 0 aliphatic carbocycles. The number of nitrogens with zero attached hydrogens (tertiary/aromatic N) is 3. The fourth-order valence-corrected chi connectivity index (χ4v) is 3.78. The molecular formula is C20H22N4O. The van der Waals surface area contributed by atoms with Crippen LogP contribution in [0.25, 0.3) is 16.6 Å². The molecule has 0 spiro atoms. The molecule has 0 radical (unpaired) electrons. The fourth-order valence-electron chi connectivity index (χ4n) is 3.78. The zero-order valence-electron chi connectivity index (χ0n) is 14.2. The minimum Gasteiger partial charge on any atom is -0.494 e. The quantitative estimate of drug-likeness (QED) is 0.902. The lowest BCUT2D eigenvalue weighted by molar-refractivity contribution is 0.292. The fraction of sp³-hybridized carbons (Fsp3) is 0.350. The van der Waals surface area contributed by atoms with Gasteiger partial charge in [-0.3, -0.25) is 0 Å². The number of benzene rings is 1. The molecule has 3 heterocycles. The summed E-state index contributed by atoms with van der Waals surface area (Å²) in [5, 5.41) is 20.6. The van der Waals surface area contributed by atoms with E-state index in [4.69, 9.17) is 0 Å². The van der Waals surface area contributed by atoms with Crippen LogP contribution in [0.2, 0.25) is 0 Å². The second-order valence-corrected chi connectivity index (χ2v) is 6.70. The van der Waals surface area contributed by atoms with Crippen LogP contribution in [0.15, 0.2) is 36.4 Å². The highest BCUT2D eigenvalue weighted by Crippen LogP contribution is 2.36. The van der Waals surface area contributed by atoms with E-state index in [-0.39, 0.29) is 5.88 Å². The number of likely N-dealkylation sites (tertiary alicyclic amines) is 1. The van der Waals surface area contributed by atoms with E-state index in [0.29, 0.717) is 5.56 Å². The molecule has 2 aliphatic heterocycles. The number of H-pyrrole nitrogens is 1. The minimum absolute atomic E-state index is 0.165. The number of nitriles is 1. The first-order valence-corrected chi connectivity index (χ1v) is 8.85. The second-order valence-electron chi connectivity index (χ2n) is 6.70. The smallest absolute Gasteiger partial charge is 0.199 e. The van der Waals surface area contributed by atoms with E-state index in [1.54, 1.807) is 6.07 Å². The number of hydrogen-bond donors (Lipinski definition) is 2. The van der Waals surface area contributed by atoms with Gasteiger partial charge >= 0.3 is 0 Å². The van der Waals surface area contributed by atoms with Crippen molar-refractivity contribution in [3.05, 3.63) is 47.6 Å². The number of allylic oxidation sites excluding steroid dienone is 2. The number of aromatic amines is 1. The van der Waals surface area contributed by atoms with Crippen LogP contribution in [0.1, 0.15) is 24.0 Å². The number of aromatic hydroxyl groups is 1. The molecule has 2 aromatic rings. The molecule has 0 saturated carbocycles. The van der Waals surface area contributed by atoms with Crippen molar-refractivity contribution in [3.8, 4) is 11.9 Å². The Morgan fingerprint density at radius 3 is 2.84 bits per heavy atom. The van der Waals surface area contributed by atoms with Gasteiger partial charge in [0.25, 0.3) is 0 Å². The highest BCUT2D eigenvalue weighted by Gasteiger charge is 2.22. The Balaban J connectivity index is 1.67. The first-order valence-electron chi connectivity index (χ1n) is 8.85. The zero-order valence-corrected chi connectivity index (χ0v) is 14.2. The molecular weight excluding hydrogens is 312 g/mol.